The molecule has 5 atom stereocenters. The van der Waals surface area contributed by atoms with Gasteiger partial charge in [0.1, 0.15) is 24.4 Å². The number of hydrogen-bond acceptors (Lipinski definition) is 8. The molecule has 124 valence electrons. The third-order valence-electron chi connectivity index (χ3n) is 3.38. The van der Waals surface area contributed by atoms with Crippen molar-refractivity contribution >= 4 is 10.1 Å². The number of aliphatic hydroxyl groups is 4. The topological polar surface area (TPSA) is 134 Å². The Bertz CT molecular complexity index is 599. The first kappa shape index (κ1) is 17.3. The normalized spacial score (nSPS) is 32.9. The van der Waals surface area contributed by atoms with Crippen LogP contribution in [0.3, 0.4) is 0 Å². The summed E-state index contributed by atoms with van der Waals surface area (Å²) in [5.74, 6) is 0. The van der Waals surface area contributed by atoms with Gasteiger partial charge in [0.2, 0.25) is 0 Å². The van der Waals surface area contributed by atoms with Gasteiger partial charge in [0.05, 0.1) is 11.5 Å². The van der Waals surface area contributed by atoms with Crippen molar-refractivity contribution < 1.29 is 37.8 Å². The van der Waals surface area contributed by atoms with Crippen LogP contribution in [0.25, 0.3) is 0 Å². The fourth-order valence-corrected chi connectivity index (χ4v) is 2.92. The monoisotopic (exact) mass is 334 g/mol. The summed E-state index contributed by atoms with van der Waals surface area (Å²) >= 11 is 0. The van der Waals surface area contributed by atoms with E-state index in [0.717, 1.165) is 5.56 Å². The molecule has 0 saturated carbocycles. The van der Waals surface area contributed by atoms with Gasteiger partial charge in [0.25, 0.3) is 10.1 Å². The van der Waals surface area contributed by atoms with Crippen molar-refractivity contribution in [3.8, 4) is 0 Å². The highest BCUT2D eigenvalue weighted by molar-refractivity contribution is 7.86. The molecule has 0 radical (unpaired) electrons. The van der Waals surface area contributed by atoms with Gasteiger partial charge in [-0.05, 0) is 19.1 Å². The summed E-state index contributed by atoms with van der Waals surface area (Å²) in [6.07, 6.45) is -7.98. The third kappa shape index (κ3) is 3.63. The van der Waals surface area contributed by atoms with Crippen molar-refractivity contribution in [1.82, 2.24) is 0 Å². The van der Waals surface area contributed by atoms with Gasteiger partial charge in [-0.2, -0.15) is 8.42 Å². The minimum atomic E-state index is -4.07. The van der Waals surface area contributed by atoms with Gasteiger partial charge >= 0.3 is 0 Å². The maximum Gasteiger partial charge on any atom is 0.297 e. The Hall–Kier alpha value is -1.07. The van der Waals surface area contributed by atoms with Crippen molar-refractivity contribution in [2.75, 3.05) is 6.61 Å². The van der Waals surface area contributed by atoms with Gasteiger partial charge in [-0.15, -0.1) is 0 Å². The number of hydrogen-bond donors (Lipinski definition) is 4. The molecule has 1 fully saturated rings. The quantitative estimate of drug-likeness (QED) is 0.489. The number of rotatable bonds is 4. The molecule has 8 nitrogen and oxygen atoms in total. The molecule has 2 rings (SSSR count). The Morgan fingerprint density at radius 3 is 2.23 bits per heavy atom. The van der Waals surface area contributed by atoms with Crippen LogP contribution in [-0.2, 0) is 19.0 Å². The molecule has 4 N–H and O–H groups in total. The van der Waals surface area contributed by atoms with E-state index >= 15 is 0 Å². The average molecular weight is 334 g/mol. The molecule has 0 amide bonds. The minimum absolute atomic E-state index is 0.0652. The van der Waals surface area contributed by atoms with E-state index in [9.17, 15) is 28.8 Å². The molecule has 1 aromatic rings. The molecule has 1 aliphatic rings. The predicted molar refractivity (Wildman–Crippen MR) is 73.2 cm³/mol. The lowest BCUT2D eigenvalue weighted by molar-refractivity contribution is -0.285. The molecular weight excluding hydrogens is 316 g/mol. The van der Waals surface area contributed by atoms with E-state index < -0.39 is 47.4 Å². The second kappa shape index (κ2) is 6.59. The lowest BCUT2D eigenvalue weighted by Gasteiger charge is -2.37. The third-order valence-corrected chi connectivity index (χ3v) is 4.68. The fourth-order valence-electron chi connectivity index (χ4n) is 2.00. The predicted octanol–water partition coefficient (Wildman–Crippen LogP) is -1.50. The zero-order valence-electron chi connectivity index (χ0n) is 11.7. The summed E-state index contributed by atoms with van der Waals surface area (Å²) in [6.45, 7) is 1.19. The van der Waals surface area contributed by atoms with E-state index in [1.807, 2.05) is 0 Å². The Morgan fingerprint density at radius 1 is 1.05 bits per heavy atom. The number of benzene rings is 1. The maximum absolute atomic E-state index is 12.0. The summed E-state index contributed by atoms with van der Waals surface area (Å²) in [6, 6.07) is 5.95. The van der Waals surface area contributed by atoms with E-state index in [0.29, 0.717) is 0 Å². The molecule has 4 unspecified atom stereocenters. The molecule has 1 heterocycles. The Kier molecular flexibility index (Phi) is 5.17. The van der Waals surface area contributed by atoms with Gasteiger partial charge in [0, 0.05) is 0 Å². The van der Waals surface area contributed by atoms with Gasteiger partial charge in [-0.1, -0.05) is 17.7 Å². The zero-order chi connectivity index (χ0) is 16.5. The van der Waals surface area contributed by atoms with Crippen molar-refractivity contribution in [1.29, 1.82) is 0 Å². The molecule has 9 heteroatoms. The second-order valence-corrected chi connectivity index (χ2v) is 6.70. The Balaban J connectivity index is 2.04. The Labute approximate surface area is 127 Å². The van der Waals surface area contributed by atoms with Crippen molar-refractivity contribution in [2.45, 2.75) is 42.5 Å². The van der Waals surface area contributed by atoms with E-state index in [4.69, 9.17) is 8.92 Å². The Morgan fingerprint density at radius 2 is 1.64 bits per heavy atom. The van der Waals surface area contributed by atoms with E-state index in [1.54, 1.807) is 19.1 Å². The average Bonchev–Trinajstić information content (AvgIpc) is 2.48. The lowest BCUT2D eigenvalue weighted by atomic mass is 10.00. The summed E-state index contributed by atoms with van der Waals surface area (Å²) < 4.78 is 33.6. The van der Waals surface area contributed by atoms with Crippen LogP contribution in [0.15, 0.2) is 29.2 Å². The highest BCUT2D eigenvalue weighted by atomic mass is 32.2. The van der Waals surface area contributed by atoms with Crippen LogP contribution in [0.2, 0.25) is 0 Å². The van der Waals surface area contributed by atoms with Crippen molar-refractivity contribution in [3.63, 3.8) is 0 Å². The molecule has 0 aromatic heterocycles. The van der Waals surface area contributed by atoms with Gasteiger partial charge in [0.15, 0.2) is 6.29 Å². The highest BCUT2D eigenvalue weighted by Gasteiger charge is 2.43. The molecular formula is C13H18O8S. The van der Waals surface area contributed by atoms with Crippen LogP contribution in [0.5, 0.6) is 0 Å². The maximum atomic E-state index is 12.0. The van der Waals surface area contributed by atoms with E-state index in [1.165, 1.54) is 12.1 Å². The SMILES string of the molecule is Cc1ccc(S(=O)(=O)OCC2OC(O)C(O)[C@@H](O)C2O)cc1. The van der Waals surface area contributed by atoms with Gasteiger partial charge in [-0.25, -0.2) is 0 Å². The molecule has 1 aromatic carbocycles. The molecule has 22 heavy (non-hydrogen) atoms. The molecule has 0 aliphatic carbocycles. The number of aliphatic hydroxyl groups excluding tert-OH is 4. The smallest absolute Gasteiger partial charge is 0.297 e. The highest BCUT2D eigenvalue weighted by Crippen LogP contribution is 2.21. The fraction of sp³-hybridized carbons (Fsp3) is 0.538. The largest absolute Gasteiger partial charge is 0.387 e. The summed E-state index contributed by atoms with van der Waals surface area (Å²) in [7, 11) is -4.07. The van der Waals surface area contributed by atoms with E-state index in [-0.39, 0.29) is 4.90 Å². The van der Waals surface area contributed by atoms with Gasteiger partial charge in [-0.3, -0.25) is 4.18 Å². The van der Waals surface area contributed by atoms with Crippen LogP contribution >= 0.6 is 0 Å². The van der Waals surface area contributed by atoms with Crippen LogP contribution in [0.4, 0.5) is 0 Å². The molecule has 1 saturated heterocycles. The number of aryl methyl sites for hydroxylation is 1. The molecule has 0 spiro atoms. The number of ether oxygens (including phenoxy) is 1. The first-order valence-corrected chi connectivity index (χ1v) is 7.97. The summed E-state index contributed by atoms with van der Waals surface area (Å²) in [5, 5.41) is 37.9. The summed E-state index contributed by atoms with van der Waals surface area (Å²) in [5.41, 5.74) is 0.880. The van der Waals surface area contributed by atoms with Crippen LogP contribution < -0.4 is 0 Å². The van der Waals surface area contributed by atoms with E-state index in [2.05, 4.69) is 0 Å². The summed E-state index contributed by atoms with van der Waals surface area (Å²) in [4.78, 5) is -0.0652. The van der Waals surface area contributed by atoms with Crippen LogP contribution in [0, 0.1) is 6.92 Å². The van der Waals surface area contributed by atoms with Crippen LogP contribution in [-0.4, -0.2) is 66.2 Å². The van der Waals surface area contributed by atoms with Crippen molar-refractivity contribution in [2.24, 2.45) is 0 Å². The standard InChI is InChI=1S/C13H18O8S/c1-7-2-4-8(5-3-7)22(18,19)20-6-9-10(14)11(15)12(16)13(17)21-9/h2-5,9-17H,6H2,1H3/t9?,10?,11-,12?,13?/m0/s1. The van der Waals surface area contributed by atoms with Crippen LogP contribution in [0.1, 0.15) is 5.56 Å². The minimum Gasteiger partial charge on any atom is -0.387 e. The van der Waals surface area contributed by atoms with Gasteiger partial charge < -0.3 is 25.2 Å². The lowest BCUT2D eigenvalue weighted by Crippen LogP contribution is -2.58. The molecule has 0 bridgehead atoms. The first-order valence-electron chi connectivity index (χ1n) is 6.56. The van der Waals surface area contributed by atoms with Crippen molar-refractivity contribution in [3.05, 3.63) is 29.8 Å². The zero-order valence-corrected chi connectivity index (χ0v) is 12.5. The second-order valence-electron chi connectivity index (χ2n) is 5.09. The molecule has 1 aliphatic heterocycles. The first-order chi connectivity index (χ1) is 10.2.